The van der Waals surface area contributed by atoms with E-state index in [9.17, 15) is 8.42 Å². The van der Waals surface area contributed by atoms with Crippen LogP contribution in [0.5, 0.6) is 5.88 Å². The van der Waals surface area contributed by atoms with E-state index in [4.69, 9.17) is 16.3 Å². The number of rotatable bonds is 4. The summed E-state index contributed by atoms with van der Waals surface area (Å²) in [5.41, 5.74) is 0.349. The zero-order chi connectivity index (χ0) is 14.0. The van der Waals surface area contributed by atoms with Gasteiger partial charge >= 0.3 is 0 Å². The summed E-state index contributed by atoms with van der Waals surface area (Å²) in [6.45, 7) is 0. The van der Waals surface area contributed by atoms with Gasteiger partial charge < -0.3 is 4.74 Å². The number of ether oxygens (including phenoxy) is 1. The lowest BCUT2D eigenvalue weighted by molar-refractivity contribution is 0.398. The number of thiophene rings is 1. The molecule has 0 aliphatic heterocycles. The van der Waals surface area contributed by atoms with E-state index >= 15 is 0 Å². The summed E-state index contributed by atoms with van der Waals surface area (Å²) in [4.78, 5) is 3.92. The van der Waals surface area contributed by atoms with Gasteiger partial charge in [-0.2, -0.15) is 0 Å². The highest BCUT2D eigenvalue weighted by Gasteiger charge is 2.19. The summed E-state index contributed by atoms with van der Waals surface area (Å²) in [5, 5.41) is 0.359. The molecule has 2 rings (SSSR count). The molecule has 0 saturated carbocycles. The molecular formula is C10H8BrClN2O3S2. The fourth-order valence-electron chi connectivity index (χ4n) is 1.23. The van der Waals surface area contributed by atoms with Crippen molar-refractivity contribution in [1.29, 1.82) is 0 Å². The predicted molar refractivity (Wildman–Crippen MR) is 78.6 cm³/mol. The topological polar surface area (TPSA) is 68.3 Å². The van der Waals surface area contributed by atoms with Crippen molar-refractivity contribution in [2.75, 3.05) is 11.8 Å². The number of aromatic nitrogens is 1. The molecule has 2 heterocycles. The minimum Gasteiger partial charge on any atom is -0.481 e. The molecule has 0 unspecified atom stereocenters. The van der Waals surface area contributed by atoms with Gasteiger partial charge in [0.1, 0.15) is 4.21 Å². The smallest absolute Gasteiger partial charge is 0.271 e. The SMILES string of the molecule is COc1ccc(NS(=O)(=O)c2cc(Cl)c(Br)s2)cn1. The van der Waals surface area contributed by atoms with E-state index < -0.39 is 10.0 Å². The molecule has 0 saturated heterocycles. The van der Waals surface area contributed by atoms with E-state index in [1.165, 1.54) is 19.4 Å². The maximum absolute atomic E-state index is 12.1. The number of pyridine rings is 1. The molecule has 0 spiro atoms. The fourth-order valence-corrected chi connectivity index (χ4v) is 4.67. The fraction of sp³-hybridized carbons (Fsp3) is 0.100. The van der Waals surface area contributed by atoms with Gasteiger partial charge in [0.05, 0.1) is 27.8 Å². The molecule has 5 nitrogen and oxygen atoms in total. The third kappa shape index (κ3) is 3.38. The highest BCUT2D eigenvalue weighted by molar-refractivity contribution is 9.11. The van der Waals surface area contributed by atoms with Crippen molar-refractivity contribution in [3.8, 4) is 5.88 Å². The van der Waals surface area contributed by atoms with Gasteiger partial charge in [-0.25, -0.2) is 13.4 Å². The van der Waals surface area contributed by atoms with Crippen LogP contribution in [0.3, 0.4) is 0 Å². The summed E-state index contributed by atoms with van der Waals surface area (Å²) < 4.78 is 32.2. The van der Waals surface area contributed by atoms with Crippen molar-refractivity contribution < 1.29 is 13.2 Å². The Balaban J connectivity index is 2.25. The van der Waals surface area contributed by atoms with E-state index in [1.807, 2.05) is 0 Å². The van der Waals surface area contributed by atoms with Crippen molar-refractivity contribution in [3.63, 3.8) is 0 Å². The van der Waals surface area contributed by atoms with Gasteiger partial charge in [-0.3, -0.25) is 4.72 Å². The number of hydrogen-bond donors (Lipinski definition) is 1. The molecule has 9 heteroatoms. The van der Waals surface area contributed by atoms with Crippen molar-refractivity contribution in [3.05, 3.63) is 33.2 Å². The summed E-state index contributed by atoms with van der Waals surface area (Å²) >= 11 is 10.0. The van der Waals surface area contributed by atoms with Gasteiger partial charge in [0.2, 0.25) is 5.88 Å². The molecule has 0 aliphatic rings. The van der Waals surface area contributed by atoms with E-state index in [0.29, 0.717) is 20.4 Å². The molecule has 0 aliphatic carbocycles. The maximum Gasteiger partial charge on any atom is 0.271 e. The number of anilines is 1. The number of halogens is 2. The highest BCUT2D eigenvalue weighted by Crippen LogP contribution is 2.35. The summed E-state index contributed by atoms with van der Waals surface area (Å²) in [6.07, 6.45) is 1.38. The lowest BCUT2D eigenvalue weighted by atomic mass is 10.4. The van der Waals surface area contributed by atoms with Crippen LogP contribution in [-0.4, -0.2) is 20.5 Å². The van der Waals surface area contributed by atoms with Gasteiger partial charge in [0.25, 0.3) is 10.0 Å². The van der Waals surface area contributed by atoms with Crippen LogP contribution in [0, 0.1) is 0 Å². The summed E-state index contributed by atoms with van der Waals surface area (Å²) in [5.74, 6) is 0.407. The predicted octanol–water partition coefficient (Wildman–Crippen LogP) is 3.37. The molecule has 102 valence electrons. The normalized spacial score (nSPS) is 11.3. The molecule has 0 bridgehead atoms. The number of methoxy groups -OCH3 is 1. The molecule has 0 fully saturated rings. The molecule has 1 N–H and O–H groups in total. The third-order valence-corrected chi connectivity index (χ3v) is 6.41. The van der Waals surface area contributed by atoms with Crippen molar-refractivity contribution >= 4 is 54.6 Å². The third-order valence-electron chi connectivity index (χ3n) is 2.09. The Morgan fingerprint density at radius 2 is 2.21 bits per heavy atom. The molecule has 0 radical (unpaired) electrons. The Morgan fingerprint density at radius 1 is 1.47 bits per heavy atom. The Hall–Kier alpha value is -0.830. The van der Waals surface area contributed by atoms with Gasteiger partial charge in [-0.15, -0.1) is 11.3 Å². The number of hydrogen-bond acceptors (Lipinski definition) is 5. The monoisotopic (exact) mass is 382 g/mol. The molecule has 0 amide bonds. The lowest BCUT2D eigenvalue weighted by Crippen LogP contribution is -2.11. The van der Waals surface area contributed by atoms with Crippen LogP contribution in [0.4, 0.5) is 5.69 Å². The van der Waals surface area contributed by atoms with Crippen LogP contribution >= 0.6 is 38.9 Å². The van der Waals surface area contributed by atoms with E-state index in [0.717, 1.165) is 11.3 Å². The Morgan fingerprint density at radius 3 is 2.68 bits per heavy atom. The summed E-state index contributed by atoms with van der Waals surface area (Å²) in [7, 11) is -2.18. The first-order chi connectivity index (χ1) is 8.92. The van der Waals surface area contributed by atoms with Crippen LogP contribution in [0.2, 0.25) is 5.02 Å². The van der Waals surface area contributed by atoms with E-state index in [1.54, 1.807) is 12.1 Å². The van der Waals surface area contributed by atoms with Gasteiger partial charge in [0, 0.05) is 6.07 Å². The van der Waals surface area contributed by atoms with Gasteiger partial charge in [0.15, 0.2) is 0 Å². The summed E-state index contributed by atoms with van der Waals surface area (Å²) in [6, 6.07) is 4.51. The Kier molecular flexibility index (Phi) is 4.34. The average molecular weight is 384 g/mol. The number of sulfonamides is 1. The second-order valence-electron chi connectivity index (χ2n) is 3.38. The Labute approximate surface area is 127 Å². The zero-order valence-electron chi connectivity index (χ0n) is 9.55. The second kappa shape index (κ2) is 5.66. The lowest BCUT2D eigenvalue weighted by Gasteiger charge is -2.06. The highest BCUT2D eigenvalue weighted by atomic mass is 79.9. The van der Waals surface area contributed by atoms with Crippen molar-refractivity contribution in [1.82, 2.24) is 4.98 Å². The first-order valence-electron chi connectivity index (χ1n) is 4.90. The van der Waals surface area contributed by atoms with Crippen LogP contribution in [0.15, 0.2) is 32.4 Å². The minimum absolute atomic E-state index is 0.125. The quantitative estimate of drug-likeness (QED) is 0.879. The minimum atomic E-state index is -3.66. The first kappa shape index (κ1) is 14.6. The van der Waals surface area contributed by atoms with E-state index in [-0.39, 0.29) is 4.21 Å². The van der Waals surface area contributed by atoms with Crippen molar-refractivity contribution in [2.24, 2.45) is 0 Å². The van der Waals surface area contributed by atoms with Gasteiger partial charge in [-0.1, -0.05) is 11.6 Å². The second-order valence-corrected chi connectivity index (χ2v) is 8.07. The molecule has 19 heavy (non-hydrogen) atoms. The largest absolute Gasteiger partial charge is 0.481 e. The first-order valence-corrected chi connectivity index (χ1v) is 8.37. The molecule has 0 atom stereocenters. The van der Waals surface area contributed by atoms with Crippen molar-refractivity contribution in [2.45, 2.75) is 4.21 Å². The number of nitrogens with one attached hydrogen (secondary N) is 1. The van der Waals surface area contributed by atoms with Crippen LogP contribution in [0.1, 0.15) is 0 Å². The zero-order valence-corrected chi connectivity index (χ0v) is 13.5. The van der Waals surface area contributed by atoms with Crippen LogP contribution in [0.25, 0.3) is 0 Å². The number of nitrogens with zero attached hydrogens (tertiary/aromatic N) is 1. The molecule has 0 aromatic carbocycles. The average Bonchev–Trinajstić information content (AvgIpc) is 2.71. The van der Waals surface area contributed by atoms with Crippen LogP contribution < -0.4 is 9.46 Å². The maximum atomic E-state index is 12.1. The van der Waals surface area contributed by atoms with E-state index in [2.05, 4.69) is 25.6 Å². The standard InChI is InChI=1S/C10H8BrClN2O3S2/c1-17-8-3-2-6(5-13-8)14-19(15,16)9-4-7(12)10(11)18-9/h2-5,14H,1H3. The molecular weight excluding hydrogens is 376 g/mol. The van der Waals surface area contributed by atoms with Gasteiger partial charge in [-0.05, 0) is 28.1 Å². The Bertz CT molecular complexity index is 666. The molecule has 2 aromatic rings. The molecule has 2 aromatic heterocycles. The van der Waals surface area contributed by atoms with Crippen LogP contribution in [-0.2, 0) is 10.0 Å².